The molecule has 0 spiro atoms. The van der Waals surface area contributed by atoms with Gasteiger partial charge < -0.3 is 15.0 Å². The molecule has 1 N–H and O–H groups in total. The molecule has 3 aromatic rings. The van der Waals surface area contributed by atoms with Gasteiger partial charge in [-0.1, -0.05) is 41.4 Å². The number of nitrogens with zero attached hydrogens (tertiary/aromatic N) is 1. The summed E-state index contributed by atoms with van der Waals surface area (Å²) in [6.07, 6.45) is -13.3. The van der Waals surface area contributed by atoms with Crippen LogP contribution in [0.1, 0.15) is 33.2 Å². The summed E-state index contributed by atoms with van der Waals surface area (Å²) in [5.41, 5.74) is -10.8. The maximum absolute atomic E-state index is 15.6. The van der Waals surface area contributed by atoms with Gasteiger partial charge in [0.25, 0.3) is 11.8 Å². The van der Waals surface area contributed by atoms with Gasteiger partial charge in [-0.15, -0.1) is 0 Å². The van der Waals surface area contributed by atoms with Gasteiger partial charge in [0.2, 0.25) is 0 Å². The normalized spacial score (nSPS) is 12.3. The molecule has 0 atom stereocenters. The van der Waals surface area contributed by atoms with Crippen LogP contribution in [0.25, 0.3) is 0 Å². The zero-order valence-electron chi connectivity index (χ0n) is 21.2. The maximum atomic E-state index is 15.6. The Kier molecular flexibility index (Phi) is 9.81. The van der Waals surface area contributed by atoms with Crippen LogP contribution < -0.4 is 15.0 Å². The number of ether oxygens (including phenoxy) is 1. The van der Waals surface area contributed by atoms with Crippen molar-refractivity contribution in [2.75, 3.05) is 16.8 Å². The molecule has 0 radical (unpaired) electrons. The van der Waals surface area contributed by atoms with Crippen LogP contribution in [0.3, 0.4) is 0 Å². The van der Waals surface area contributed by atoms with Crippen molar-refractivity contribution in [3.05, 3.63) is 87.2 Å². The summed E-state index contributed by atoms with van der Waals surface area (Å²) in [5, 5.41) is 0.505. The first-order chi connectivity index (χ1) is 19.8. The predicted molar refractivity (Wildman–Crippen MR) is 136 cm³/mol. The highest BCUT2D eigenvalue weighted by atomic mass is 35.5. The number of hydrogen-bond acceptors (Lipinski definition) is 3. The maximum Gasteiger partial charge on any atom is 0.435 e. The largest absolute Gasteiger partial charge is 0.435 e. The number of alkyl halides is 9. The average Bonchev–Trinajstić information content (AvgIpc) is 2.89. The third kappa shape index (κ3) is 6.61. The van der Waals surface area contributed by atoms with Crippen molar-refractivity contribution in [2.45, 2.75) is 31.6 Å². The number of anilines is 2. The van der Waals surface area contributed by atoms with Crippen LogP contribution in [0.15, 0.2) is 54.6 Å². The summed E-state index contributed by atoms with van der Waals surface area (Å²) >= 11 is 11.8. The first-order valence-electron chi connectivity index (χ1n) is 11.6. The van der Waals surface area contributed by atoms with Crippen molar-refractivity contribution in [1.82, 2.24) is 0 Å². The van der Waals surface area contributed by atoms with E-state index >= 15 is 4.39 Å². The Labute approximate surface area is 245 Å². The van der Waals surface area contributed by atoms with Crippen LogP contribution in [-0.2, 0) is 5.67 Å². The second-order valence-electron chi connectivity index (χ2n) is 8.49. The van der Waals surface area contributed by atoms with Crippen molar-refractivity contribution >= 4 is 46.4 Å². The van der Waals surface area contributed by atoms with E-state index < -0.39 is 75.5 Å². The summed E-state index contributed by atoms with van der Waals surface area (Å²) in [6.45, 7) is -2.58. The molecule has 0 saturated heterocycles. The predicted octanol–water partition coefficient (Wildman–Crippen LogP) is 8.94. The number of carbonyl (C=O) groups excluding carboxylic acids is 2. The standard InChI is InChI=1S/C26H16Cl2F10N2O3/c1-2-40(22(42)13-6-3-4-8-15(13)27)17-9-5-7-14(19(17)29)21(41)39-20-16(28)10-12(11-18(20)43-23(30)31)24(32,25(33,34)35)26(36,37)38/h3-11,23H,2H2,1H3,(H,39,41). The van der Waals surface area contributed by atoms with Gasteiger partial charge in [0, 0.05) is 12.1 Å². The fourth-order valence-electron chi connectivity index (χ4n) is 3.87. The van der Waals surface area contributed by atoms with E-state index in [1.54, 1.807) is 5.32 Å². The summed E-state index contributed by atoms with van der Waals surface area (Å²) in [4.78, 5) is 26.9. The van der Waals surface area contributed by atoms with Gasteiger partial charge in [-0.2, -0.15) is 35.1 Å². The highest BCUT2D eigenvalue weighted by Crippen LogP contribution is 2.55. The Morgan fingerprint density at radius 1 is 0.884 bits per heavy atom. The van der Waals surface area contributed by atoms with Crippen molar-refractivity contribution in [2.24, 2.45) is 0 Å². The molecule has 0 bridgehead atoms. The molecule has 43 heavy (non-hydrogen) atoms. The number of rotatable bonds is 8. The molecule has 2 amide bonds. The summed E-state index contributed by atoms with van der Waals surface area (Å²) in [7, 11) is 0. The summed E-state index contributed by atoms with van der Waals surface area (Å²) < 4.78 is 140. The van der Waals surface area contributed by atoms with Crippen molar-refractivity contribution < 1.29 is 58.2 Å². The van der Waals surface area contributed by atoms with E-state index in [1.165, 1.54) is 31.2 Å². The summed E-state index contributed by atoms with van der Waals surface area (Å²) in [5.74, 6) is -5.22. The zero-order valence-corrected chi connectivity index (χ0v) is 22.7. The quantitative estimate of drug-likeness (QED) is 0.245. The lowest BCUT2D eigenvalue weighted by Gasteiger charge is -2.31. The third-order valence-electron chi connectivity index (χ3n) is 5.87. The Morgan fingerprint density at radius 3 is 2.00 bits per heavy atom. The Morgan fingerprint density at radius 2 is 1.47 bits per heavy atom. The molecule has 0 aromatic heterocycles. The molecule has 0 aliphatic heterocycles. The molecule has 0 heterocycles. The molecule has 17 heteroatoms. The van der Waals surface area contributed by atoms with Gasteiger partial charge in [0.05, 0.1) is 26.9 Å². The molecule has 0 aliphatic carbocycles. The smallest absolute Gasteiger partial charge is 0.433 e. The number of amides is 2. The molecule has 0 aliphatic rings. The second-order valence-corrected chi connectivity index (χ2v) is 9.30. The first kappa shape index (κ1) is 33.8. The van der Waals surface area contributed by atoms with E-state index in [9.17, 15) is 49.1 Å². The van der Waals surface area contributed by atoms with E-state index in [0.29, 0.717) is 0 Å². The Bertz CT molecular complexity index is 1520. The second kappa shape index (κ2) is 12.5. The van der Waals surface area contributed by atoms with E-state index in [0.717, 1.165) is 23.1 Å². The van der Waals surface area contributed by atoms with Gasteiger partial charge in [0.1, 0.15) is 5.69 Å². The lowest BCUT2D eigenvalue weighted by Crippen LogP contribution is -2.50. The van der Waals surface area contributed by atoms with Crippen LogP contribution in [0.2, 0.25) is 10.0 Å². The van der Waals surface area contributed by atoms with Gasteiger partial charge in [-0.3, -0.25) is 9.59 Å². The molecule has 3 rings (SSSR count). The third-order valence-corrected chi connectivity index (χ3v) is 6.49. The SMILES string of the molecule is CCN(C(=O)c1ccccc1Cl)c1cccc(C(=O)Nc2c(Cl)cc(C(F)(C(F)(F)F)C(F)(F)F)cc2OC(F)F)c1F. The lowest BCUT2D eigenvalue weighted by atomic mass is 9.93. The highest BCUT2D eigenvalue weighted by molar-refractivity contribution is 6.35. The molecule has 0 fully saturated rings. The minimum absolute atomic E-state index is 0.0254. The molecular formula is C26H16Cl2F10N2O3. The fraction of sp³-hybridized carbons (Fsp3) is 0.231. The van der Waals surface area contributed by atoms with Gasteiger partial charge in [-0.05, 0) is 43.3 Å². The Hall–Kier alpha value is -3.72. The van der Waals surface area contributed by atoms with Crippen molar-refractivity contribution in [1.29, 1.82) is 0 Å². The van der Waals surface area contributed by atoms with Gasteiger partial charge in [-0.25, -0.2) is 8.78 Å². The lowest BCUT2D eigenvalue weighted by molar-refractivity contribution is -0.348. The van der Waals surface area contributed by atoms with E-state index in [-0.39, 0.29) is 29.3 Å². The molecule has 0 saturated carbocycles. The monoisotopic (exact) mass is 664 g/mol. The minimum atomic E-state index is -6.63. The number of halogens is 12. The van der Waals surface area contributed by atoms with Gasteiger partial charge >= 0.3 is 24.6 Å². The molecule has 0 unspecified atom stereocenters. The van der Waals surface area contributed by atoms with Crippen molar-refractivity contribution in [3.63, 3.8) is 0 Å². The number of carbonyl (C=O) groups is 2. The minimum Gasteiger partial charge on any atom is -0.433 e. The van der Waals surface area contributed by atoms with Crippen LogP contribution in [0.4, 0.5) is 55.3 Å². The topological polar surface area (TPSA) is 58.6 Å². The molecule has 3 aromatic carbocycles. The van der Waals surface area contributed by atoms with Gasteiger partial charge in [0.15, 0.2) is 11.6 Å². The number of benzene rings is 3. The average molecular weight is 665 g/mol. The van der Waals surface area contributed by atoms with Crippen molar-refractivity contribution in [3.8, 4) is 5.75 Å². The molecular weight excluding hydrogens is 649 g/mol. The van der Waals surface area contributed by atoms with Crippen LogP contribution >= 0.6 is 23.2 Å². The van der Waals surface area contributed by atoms with E-state index in [2.05, 4.69) is 4.74 Å². The molecule has 5 nitrogen and oxygen atoms in total. The summed E-state index contributed by atoms with van der Waals surface area (Å²) in [6, 6.07) is 8.26. The number of hydrogen-bond donors (Lipinski definition) is 1. The molecule has 232 valence electrons. The van der Waals surface area contributed by atoms with E-state index in [1.807, 2.05) is 0 Å². The fourth-order valence-corrected chi connectivity index (χ4v) is 4.34. The van der Waals surface area contributed by atoms with Crippen LogP contribution in [-0.4, -0.2) is 37.3 Å². The van der Waals surface area contributed by atoms with E-state index in [4.69, 9.17) is 23.2 Å². The Balaban J connectivity index is 2.08. The highest BCUT2D eigenvalue weighted by Gasteiger charge is 2.73. The first-order valence-corrected chi connectivity index (χ1v) is 12.4. The number of nitrogens with one attached hydrogen (secondary N) is 1. The zero-order chi connectivity index (χ0) is 32.5. The van der Waals surface area contributed by atoms with Crippen LogP contribution in [0.5, 0.6) is 5.75 Å². The van der Waals surface area contributed by atoms with Crippen LogP contribution in [0, 0.1) is 5.82 Å².